The normalized spacial score (nSPS) is 10.9. The first-order valence-corrected chi connectivity index (χ1v) is 9.59. The van der Waals surface area contributed by atoms with E-state index in [0.29, 0.717) is 28.0 Å². The van der Waals surface area contributed by atoms with Crippen LogP contribution in [-0.4, -0.2) is 27.1 Å². The van der Waals surface area contributed by atoms with Crippen molar-refractivity contribution in [3.8, 4) is 11.1 Å². The molecule has 0 unspecified atom stereocenters. The fourth-order valence-corrected chi connectivity index (χ4v) is 3.68. The minimum absolute atomic E-state index is 0.0636. The van der Waals surface area contributed by atoms with Crippen LogP contribution in [0, 0.1) is 13.8 Å². The van der Waals surface area contributed by atoms with E-state index in [0.717, 1.165) is 16.8 Å². The third-order valence-corrected chi connectivity index (χ3v) is 5.25. The Kier molecular flexibility index (Phi) is 5.08. The molecular weight excluding hydrogens is 420 g/mol. The number of aromatic carboxylic acids is 1. The van der Waals surface area contributed by atoms with E-state index in [-0.39, 0.29) is 16.1 Å². The molecule has 2 aromatic heterocycles. The zero-order chi connectivity index (χ0) is 22.3. The number of nitrogens with two attached hydrogens (primary N) is 1. The lowest BCUT2D eigenvalue weighted by Gasteiger charge is -2.14. The highest BCUT2D eigenvalue weighted by Crippen LogP contribution is 2.34. The molecule has 0 aliphatic carbocycles. The molecule has 1 amide bonds. The number of benzene rings is 2. The number of fused-ring (bicyclic) bond motifs is 1. The molecule has 2 aromatic carbocycles. The van der Waals surface area contributed by atoms with E-state index in [1.165, 1.54) is 18.3 Å². The van der Waals surface area contributed by atoms with Gasteiger partial charge in [0.1, 0.15) is 5.76 Å². The van der Waals surface area contributed by atoms with Crippen LogP contribution in [0.5, 0.6) is 0 Å². The van der Waals surface area contributed by atoms with Gasteiger partial charge in [-0.05, 0) is 43.7 Å². The van der Waals surface area contributed by atoms with Crippen LogP contribution in [0.15, 0.2) is 47.1 Å². The number of nitrogens with zero attached hydrogens (tertiary/aromatic N) is 2. The first-order valence-electron chi connectivity index (χ1n) is 9.22. The molecule has 0 atom stereocenters. The van der Waals surface area contributed by atoms with Gasteiger partial charge in [-0.25, -0.2) is 4.79 Å². The van der Waals surface area contributed by atoms with Crippen molar-refractivity contribution in [3.05, 3.63) is 70.2 Å². The summed E-state index contributed by atoms with van der Waals surface area (Å²) in [5, 5.41) is 17.2. The van der Waals surface area contributed by atoms with E-state index < -0.39 is 11.9 Å². The highest BCUT2D eigenvalue weighted by atomic mass is 35.5. The number of anilines is 2. The molecule has 0 spiro atoms. The molecule has 4 rings (SSSR count). The highest BCUT2D eigenvalue weighted by molar-refractivity contribution is 6.33. The molecule has 0 aliphatic rings. The van der Waals surface area contributed by atoms with E-state index in [1.807, 2.05) is 32.0 Å². The van der Waals surface area contributed by atoms with Crippen LogP contribution in [0.1, 0.15) is 32.2 Å². The number of carboxylic acids is 1. The van der Waals surface area contributed by atoms with Gasteiger partial charge < -0.3 is 20.7 Å². The molecule has 0 bridgehead atoms. The number of aromatic nitrogens is 2. The number of carbonyl (C=O) groups is 2. The van der Waals surface area contributed by atoms with Crippen LogP contribution in [0.4, 0.5) is 11.4 Å². The fourth-order valence-electron chi connectivity index (χ4n) is 3.48. The summed E-state index contributed by atoms with van der Waals surface area (Å²) in [5.74, 6) is -1.14. The number of hydrogen-bond acceptors (Lipinski definition) is 6. The number of amides is 1. The molecule has 0 fully saturated rings. The molecule has 8 nitrogen and oxygen atoms in total. The number of carbonyl (C=O) groups excluding carboxylic acids is 1. The molecule has 4 N–H and O–H groups in total. The van der Waals surface area contributed by atoms with Crippen molar-refractivity contribution in [2.24, 2.45) is 5.73 Å². The largest absolute Gasteiger partial charge is 0.478 e. The smallest absolute Gasteiger partial charge is 0.337 e. The molecule has 0 radical (unpaired) electrons. The Morgan fingerprint density at radius 1 is 1.13 bits per heavy atom. The van der Waals surface area contributed by atoms with Crippen LogP contribution in [0.25, 0.3) is 22.0 Å². The SMILES string of the molecule is Cc1noc(C)c1-c1ccc2c(Nc3ccc(Cl)c(C(=O)O)c3)c(C(N)=O)cnc2c1. The Bertz CT molecular complexity index is 1340. The minimum atomic E-state index is -1.16. The van der Waals surface area contributed by atoms with Crippen molar-refractivity contribution in [3.63, 3.8) is 0 Å². The van der Waals surface area contributed by atoms with E-state index in [4.69, 9.17) is 21.9 Å². The Labute approximate surface area is 181 Å². The van der Waals surface area contributed by atoms with Gasteiger partial charge in [-0.2, -0.15) is 0 Å². The Hall–Kier alpha value is -3.91. The van der Waals surface area contributed by atoms with Gasteiger partial charge in [-0.1, -0.05) is 28.9 Å². The second-order valence-corrected chi connectivity index (χ2v) is 7.37. The number of nitrogens with one attached hydrogen (secondary N) is 1. The van der Waals surface area contributed by atoms with Crippen LogP contribution >= 0.6 is 11.6 Å². The summed E-state index contributed by atoms with van der Waals surface area (Å²) in [5.41, 5.74) is 9.62. The lowest BCUT2D eigenvalue weighted by atomic mass is 10.0. The topological polar surface area (TPSA) is 131 Å². The number of carboxylic acid groups (broad SMARTS) is 1. The van der Waals surface area contributed by atoms with Crippen LogP contribution in [0.2, 0.25) is 5.02 Å². The van der Waals surface area contributed by atoms with Crippen LogP contribution in [-0.2, 0) is 0 Å². The Balaban J connectivity index is 1.87. The first kappa shape index (κ1) is 20.4. The maximum Gasteiger partial charge on any atom is 0.337 e. The van der Waals surface area contributed by atoms with Gasteiger partial charge in [0.05, 0.1) is 33.0 Å². The average molecular weight is 437 g/mol. The van der Waals surface area contributed by atoms with Gasteiger partial charge in [0.25, 0.3) is 5.91 Å². The number of aryl methyl sites for hydroxylation is 2. The molecule has 4 aromatic rings. The van der Waals surface area contributed by atoms with E-state index in [1.54, 1.807) is 6.07 Å². The Morgan fingerprint density at radius 3 is 2.55 bits per heavy atom. The third kappa shape index (κ3) is 3.69. The highest BCUT2D eigenvalue weighted by Gasteiger charge is 2.18. The summed E-state index contributed by atoms with van der Waals surface area (Å²) in [7, 11) is 0. The molecule has 31 heavy (non-hydrogen) atoms. The van der Waals surface area contributed by atoms with Gasteiger partial charge in [-0.15, -0.1) is 0 Å². The molecule has 0 saturated heterocycles. The molecular formula is C22H17ClN4O4. The standard InChI is InChI=1S/C22H17ClN4O4/c1-10-19(11(2)31-27-10)12-3-5-14-18(7-12)25-9-16(21(24)28)20(14)26-13-4-6-17(23)15(8-13)22(29)30/h3-9H,1-2H3,(H2,24,28)(H,25,26)(H,29,30). The number of pyridine rings is 1. The summed E-state index contributed by atoms with van der Waals surface area (Å²) < 4.78 is 5.25. The predicted octanol–water partition coefficient (Wildman–Crippen LogP) is 4.70. The monoisotopic (exact) mass is 436 g/mol. The summed E-state index contributed by atoms with van der Waals surface area (Å²) in [6.45, 7) is 3.68. The fraction of sp³-hybridized carbons (Fsp3) is 0.0909. The van der Waals surface area contributed by atoms with Crippen LogP contribution in [0.3, 0.4) is 0 Å². The zero-order valence-corrected chi connectivity index (χ0v) is 17.3. The summed E-state index contributed by atoms with van der Waals surface area (Å²) in [6, 6.07) is 10.0. The second-order valence-electron chi connectivity index (χ2n) is 6.97. The van der Waals surface area contributed by atoms with Crippen molar-refractivity contribution in [1.82, 2.24) is 10.1 Å². The van der Waals surface area contributed by atoms with E-state index >= 15 is 0 Å². The van der Waals surface area contributed by atoms with Crippen LogP contribution < -0.4 is 11.1 Å². The van der Waals surface area contributed by atoms with Crippen molar-refractivity contribution in [2.75, 3.05) is 5.32 Å². The number of hydrogen-bond donors (Lipinski definition) is 3. The summed E-state index contributed by atoms with van der Waals surface area (Å²) in [4.78, 5) is 27.8. The second kappa shape index (κ2) is 7.73. The van der Waals surface area contributed by atoms with E-state index in [2.05, 4.69) is 15.5 Å². The molecule has 0 saturated carbocycles. The molecule has 2 heterocycles. The maximum absolute atomic E-state index is 12.0. The van der Waals surface area contributed by atoms with Gasteiger partial charge >= 0.3 is 5.97 Å². The van der Waals surface area contributed by atoms with Gasteiger partial charge in [0, 0.05) is 22.8 Å². The van der Waals surface area contributed by atoms with Gasteiger partial charge in [-0.3, -0.25) is 9.78 Å². The molecule has 9 heteroatoms. The minimum Gasteiger partial charge on any atom is -0.478 e. The van der Waals surface area contributed by atoms with Gasteiger partial charge in [0.2, 0.25) is 0 Å². The number of halogens is 1. The average Bonchev–Trinajstić information content (AvgIpc) is 3.06. The van der Waals surface area contributed by atoms with Crippen molar-refractivity contribution in [2.45, 2.75) is 13.8 Å². The number of primary amides is 1. The lowest BCUT2D eigenvalue weighted by molar-refractivity contribution is 0.0697. The first-order chi connectivity index (χ1) is 14.8. The lowest BCUT2D eigenvalue weighted by Crippen LogP contribution is -2.14. The quantitative estimate of drug-likeness (QED) is 0.413. The molecule has 156 valence electrons. The number of rotatable bonds is 5. The van der Waals surface area contributed by atoms with E-state index in [9.17, 15) is 14.7 Å². The maximum atomic E-state index is 12.0. The predicted molar refractivity (Wildman–Crippen MR) is 117 cm³/mol. The van der Waals surface area contributed by atoms with Gasteiger partial charge in [0.15, 0.2) is 0 Å². The summed E-state index contributed by atoms with van der Waals surface area (Å²) >= 11 is 5.96. The van der Waals surface area contributed by atoms with Crippen molar-refractivity contribution < 1.29 is 19.2 Å². The van der Waals surface area contributed by atoms with Crippen molar-refractivity contribution >= 4 is 45.8 Å². The Morgan fingerprint density at radius 2 is 1.90 bits per heavy atom. The zero-order valence-electron chi connectivity index (χ0n) is 16.6. The third-order valence-electron chi connectivity index (χ3n) is 4.92. The summed E-state index contributed by atoms with van der Waals surface area (Å²) in [6.07, 6.45) is 1.39. The van der Waals surface area contributed by atoms with Crippen molar-refractivity contribution in [1.29, 1.82) is 0 Å². The molecule has 0 aliphatic heterocycles.